The molecule has 2 fully saturated rings. The van der Waals surface area contributed by atoms with Crippen molar-refractivity contribution in [3.63, 3.8) is 0 Å². The highest BCUT2D eigenvalue weighted by molar-refractivity contribution is 6.07. The van der Waals surface area contributed by atoms with Crippen LogP contribution in [0.25, 0.3) is 0 Å². The number of urea groups is 1. The third-order valence-electron chi connectivity index (χ3n) is 7.49. The summed E-state index contributed by atoms with van der Waals surface area (Å²) in [5.74, 6) is 0.00141. The monoisotopic (exact) mass is 466 g/mol. The summed E-state index contributed by atoms with van der Waals surface area (Å²) in [6, 6.07) is 10.1. The molecule has 2 aromatic rings. The number of carbonyl (C=O) groups is 2. The third kappa shape index (κ3) is 4.88. The van der Waals surface area contributed by atoms with Crippen molar-refractivity contribution >= 4 is 11.9 Å². The van der Waals surface area contributed by atoms with Gasteiger partial charge in [-0.15, -0.1) is 0 Å². The molecule has 0 N–H and O–H groups in total. The molecule has 0 bridgehead atoms. The summed E-state index contributed by atoms with van der Waals surface area (Å²) >= 11 is 0. The van der Waals surface area contributed by atoms with Crippen LogP contribution in [-0.2, 0) is 24.8 Å². The number of benzene rings is 1. The van der Waals surface area contributed by atoms with E-state index in [2.05, 4.69) is 34.0 Å². The summed E-state index contributed by atoms with van der Waals surface area (Å²) in [5, 5.41) is 4.36. The van der Waals surface area contributed by atoms with E-state index >= 15 is 0 Å². The Hall–Kier alpha value is -2.71. The molecular formula is C26H38N6O2. The Labute approximate surface area is 203 Å². The van der Waals surface area contributed by atoms with Gasteiger partial charge in [0.15, 0.2) is 0 Å². The predicted octanol–water partition coefficient (Wildman–Crippen LogP) is 2.52. The second-order valence-electron chi connectivity index (χ2n) is 9.97. The fourth-order valence-corrected chi connectivity index (χ4v) is 5.22. The molecule has 8 heteroatoms. The number of rotatable bonds is 9. The Kier molecular flexibility index (Phi) is 7.38. The average molecular weight is 467 g/mol. The average Bonchev–Trinajstić information content (AvgIpc) is 3.23. The molecule has 1 aromatic heterocycles. The number of amides is 3. The summed E-state index contributed by atoms with van der Waals surface area (Å²) in [6.07, 6.45) is 4.83. The Balaban J connectivity index is 1.48. The maximum atomic E-state index is 13.7. The number of likely N-dealkylation sites (tertiary alicyclic amines) is 1. The lowest BCUT2D eigenvalue weighted by molar-refractivity contribution is -0.135. The molecule has 3 amide bonds. The number of carbonyl (C=O) groups excluding carboxylic acids is 2. The predicted molar refractivity (Wildman–Crippen MR) is 132 cm³/mol. The van der Waals surface area contributed by atoms with Gasteiger partial charge in [-0.25, -0.2) is 4.79 Å². The molecule has 0 unspecified atom stereocenters. The van der Waals surface area contributed by atoms with Gasteiger partial charge in [-0.3, -0.25) is 19.3 Å². The van der Waals surface area contributed by atoms with Crippen molar-refractivity contribution in [2.75, 3.05) is 46.8 Å². The van der Waals surface area contributed by atoms with Crippen LogP contribution < -0.4 is 0 Å². The summed E-state index contributed by atoms with van der Waals surface area (Å²) in [6.45, 7) is 6.41. The van der Waals surface area contributed by atoms with Crippen LogP contribution >= 0.6 is 0 Å². The summed E-state index contributed by atoms with van der Waals surface area (Å²) in [7, 11) is 5.99. The SMILES string of the molecule is Cc1c(CN2CCC3(CC2)C(=O)N(CCCN(C)C)C(=O)N3CCc2ccccc2)cnn1C. The molecular weight excluding hydrogens is 428 g/mol. The zero-order chi connectivity index (χ0) is 24.3. The quantitative estimate of drug-likeness (QED) is 0.532. The van der Waals surface area contributed by atoms with Gasteiger partial charge in [0.25, 0.3) is 5.91 Å². The van der Waals surface area contributed by atoms with Crippen molar-refractivity contribution in [2.45, 2.75) is 44.7 Å². The second kappa shape index (κ2) is 10.3. The first kappa shape index (κ1) is 24.4. The Morgan fingerprint density at radius 2 is 1.76 bits per heavy atom. The Bertz CT molecular complexity index is 994. The van der Waals surface area contributed by atoms with Crippen LogP contribution in [0.3, 0.4) is 0 Å². The molecule has 1 aromatic carbocycles. The lowest BCUT2D eigenvalue weighted by atomic mass is 9.85. The zero-order valence-electron chi connectivity index (χ0n) is 21.0. The fraction of sp³-hybridized carbons (Fsp3) is 0.577. The summed E-state index contributed by atoms with van der Waals surface area (Å²) < 4.78 is 1.90. The number of aromatic nitrogens is 2. The standard InChI is InChI=1S/C26H38N6O2/c1-21-23(19-27-29(21)4)20-30-17-12-26(13-18-30)24(33)31(15-8-14-28(2)3)25(34)32(26)16-11-22-9-6-5-7-10-22/h5-7,9-10,19H,8,11-18,20H2,1-4H3. The van der Waals surface area contributed by atoms with E-state index in [0.717, 1.165) is 39.0 Å². The van der Waals surface area contributed by atoms with E-state index in [9.17, 15) is 9.59 Å². The Morgan fingerprint density at radius 3 is 2.38 bits per heavy atom. The van der Waals surface area contributed by atoms with E-state index in [-0.39, 0.29) is 11.9 Å². The highest BCUT2D eigenvalue weighted by atomic mass is 16.2. The van der Waals surface area contributed by atoms with Crippen molar-refractivity contribution in [2.24, 2.45) is 7.05 Å². The van der Waals surface area contributed by atoms with E-state index in [0.29, 0.717) is 25.9 Å². The van der Waals surface area contributed by atoms with Crippen LogP contribution in [0.15, 0.2) is 36.5 Å². The van der Waals surface area contributed by atoms with Crippen molar-refractivity contribution in [3.8, 4) is 0 Å². The van der Waals surface area contributed by atoms with E-state index in [1.165, 1.54) is 21.7 Å². The summed E-state index contributed by atoms with van der Waals surface area (Å²) in [4.78, 5) is 35.1. The van der Waals surface area contributed by atoms with E-state index in [4.69, 9.17) is 0 Å². The maximum absolute atomic E-state index is 13.7. The van der Waals surface area contributed by atoms with Gasteiger partial charge in [0.1, 0.15) is 5.54 Å². The highest BCUT2D eigenvalue weighted by Gasteiger charge is 2.57. The Morgan fingerprint density at radius 1 is 1.06 bits per heavy atom. The normalized spacial score (nSPS) is 18.6. The zero-order valence-corrected chi connectivity index (χ0v) is 21.0. The van der Waals surface area contributed by atoms with Gasteiger partial charge >= 0.3 is 6.03 Å². The molecule has 0 radical (unpaired) electrons. The topological polar surface area (TPSA) is 64.9 Å². The molecule has 0 aliphatic carbocycles. The van der Waals surface area contributed by atoms with Gasteiger partial charge in [0, 0.05) is 51.0 Å². The minimum atomic E-state index is -0.718. The minimum absolute atomic E-state index is 0.00141. The molecule has 1 spiro atoms. The van der Waals surface area contributed by atoms with Crippen molar-refractivity contribution in [3.05, 3.63) is 53.3 Å². The van der Waals surface area contributed by atoms with Crippen LogP contribution in [0.4, 0.5) is 4.79 Å². The van der Waals surface area contributed by atoms with Crippen LogP contribution in [-0.4, -0.2) is 93.7 Å². The van der Waals surface area contributed by atoms with Crippen LogP contribution in [0, 0.1) is 6.92 Å². The number of imide groups is 1. The number of hydrogen-bond donors (Lipinski definition) is 0. The van der Waals surface area contributed by atoms with Gasteiger partial charge in [-0.05, 0) is 58.8 Å². The van der Waals surface area contributed by atoms with Gasteiger partial charge in [0.2, 0.25) is 0 Å². The van der Waals surface area contributed by atoms with Gasteiger partial charge in [-0.1, -0.05) is 30.3 Å². The first-order chi connectivity index (χ1) is 16.3. The van der Waals surface area contributed by atoms with Gasteiger partial charge in [0.05, 0.1) is 6.20 Å². The molecule has 2 saturated heterocycles. The highest BCUT2D eigenvalue weighted by Crippen LogP contribution is 2.38. The third-order valence-corrected chi connectivity index (χ3v) is 7.49. The minimum Gasteiger partial charge on any atom is -0.309 e. The molecule has 0 atom stereocenters. The van der Waals surface area contributed by atoms with Crippen molar-refractivity contribution in [1.29, 1.82) is 0 Å². The number of hydrogen-bond acceptors (Lipinski definition) is 5. The van der Waals surface area contributed by atoms with Crippen molar-refractivity contribution < 1.29 is 9.59 Å². The van der Waals surface area contributed by atoms with E-state index in [1.54, 1.807) is 0 Å². The fourth-order valence-electron chi connectivity index (χ4n) is 5.22. The smallest absolute Gasteiger partial charge is 0.309 e. The molecule has 0 saturated carbocycles. The molecule has 4 rings (SSSR count). The second-order valence-corrected chi connectivity index (χ2v) is 9.97. The van der Waals surface area contributed by atoms with Crippen LogP contribution in [0.5, 0.6) is 0 Å². The maximum Gasteiger partial charge on any atom is 0.327 e. The van der Waals surface area contributed by atoms with Crippen LogP contribution in [0.2, 0.25) is 0 Å². The number of aryl methyl sites for hydroxylation is 1. The molecule has 34 heavy (non-hydrogen) atoms. The largest absolute Gasteiger partial charge is 0.327 e. The molecule has 184 valence electrons. The van der Waals surface area contributed by atoms with Crippen molar-refractivity contribution in [1.82, 2.24) is 29.4 Å². The van der Waals surface area contributed by atoms with Gasteiger partial charge < -0.3 is 9.80 Å². The van der Waals surface area contributed by atoms with E-state index < -0.39 is 5.54 Å². The van der Waals surface area contributed by atoms with E-state index in [1.807, 2.05) is 55.1 Å². The van der Waals surface area contributed by atoms with Gasteiger partial charge in [-0.2, -0.15) is 5.10 Å². The number of piperidine rings is 1. The molecule has 3 heterocycles. The number of nitrogens with zero attached hydrogens (tertiary/aromatic N) is 6. The lowest BCUT2D eigenvalue weighted by Gasteiger charge is -2.42. The molecule has 2 aliphatic heterocycles. The molecule has 2 aliphatic rings. The van der Waals surface area contributed by atoms with Crippen LogP contribution in [0.1, 0.15) is 36.1 Å². The lowest BCUT2D eigenvalue weighted by Crippen LogP contribution is -2.56. The summed E-state index contributed by atoms with van der Waals surface area (Å²) in [5.41, 5.74) is 2.86. The first-order valence-electron chi connectivity index (χ1n) is 12.3. The first-order valence-corrected chi connectivity index (χ1v) is 12.3. The molecule has 8 nitrogen and oxygen atoms in total.